The van der Waals surface area contributed by atoms with Crippen LogP contribution in [0.25, 0.3) is 11.2 Å². The number of rotatable bonds is 20. The van der Waals surface area contributed by atoms with Crippen LogP contribution in [0.15, 0.2) is 175 Å². The smallest absolute Gasteiger partial charge is 0.497 e. The van der Waals surface area contributed by atoms with Gasteiger partial charge in [-0.3, -0.25) is 18.1 Å². The molecule has 2 aromatic heterocycles. The van der Waals surface area contributed by atoms with Crippen molar-refractivity contribution in [2.45, 2.75) is 47.8 Å². The van der Waals surface area contributed by atoms with Gasteiger partial charge in [-0.1, -0.05) is 109 Å². The fraction of sp³-hybridized carbons (Fsp3) is 0.255. The van der Waals surface area contributed by atoms with Crippen LogP contribution >= 0.6 is 0 Å². The van der Waals surface area contributed by atoms with E-state index in [0.717, 1.165) is 4.57 Å². The second-order valence-corrected chi connectivity index (χ2v) is 18.8. The zero-order chi connectivity index (χ0) is 53.0. The Hall–Kier alpha value is -7.59. The Balaban J connectivity index is 1.30. The van der Waals surface area contributed by atoms with Gasteiger partial charge in [0, 0.05) is 0 Å². The van der Waals surface area contributed by atoms with E-state index in [9.17, 15) is 31.5 Å². The third kappa shape index (κ3) is 9.95. The van der Waals surface area contributed by atoms with Crippen molar-refractivity contribution in [2.75, 3.05) is 41.7 Å². The quantitative estimate of drug-likeness (QED) is 0.0439. The summed E-state index contributed by atoms with van der Waals surface area (Å²) in [4.78, 5) is 22.7. The molecule has 0 aliphatic carbocycles. The molecule has 20 heteroatoms. The predicted octanol–water partition coefficient (Wildman–Crippen LogP) is 8.14. The van der Waals surface area contributed by atoms with Gasteiger partial charge in [-0.15, -0.1) is 0 Å². The Morgan fingerprint density at radius 3 is 1.44 bits per heavy atom. The van der Waals surface area contributed by atoms with Crippen LogP contribution < -0.4 is 24.5 Å². The van der Waals surface area contributed by atoms with Crippen LogP contribution in [0.5, 0.6) is 23.0 Å². The highest BCUT2D eigenvalue weighted by atomic mass is 32.2. The highest BCUT2D eigenvalue weighted by Gasteiger charge is 2.58. The summed E-state index contributed by atoms with van der Waals surface area (Å²) in [6.07, 6.45) is -5.14. The molecule has 1 N–H and O–H groups in total. The molecule has 3 heterocycles. The molecular formula is C55H51F3N4O12S. The predicted molar refractivity (Wildman–Crippen MR) is 268 cm³/mol. The topological polar surface area (TPSA) is 181 Å². The number of imidazole rings is 1. The first-order valence-electron chi connectivity index (χ1n) is 23.4. The molecule has 1 aliphatic rings. The van der Waals surface area contributed by atoms with E-state index in [2.05, 4.69) is 9.97 Å². The summed E-state index contributed by atoms with van der Waals surface area (Å²) in [6, 6.07) is 45.3. The second-order valence-electron chi connectivity index (χ2n) is 17.2. The van der Waals surface area contributed by atoms with Gasteiger partial charge in [-0.2, -0.15) is 21.6 Å². The van der Waals surface area contributed by atoms with Crippen LogP contribution in [0, 0.1) is 0 Å². The molecule has 390 valence electrons. The lowest BCUT2D eigenvalue weighted by atomic mass is 9.79. The van der Waals surface area contributed by atoms with Gasteiger partial charge >= 0.3 is 15.6 Å². The number of hydrogen-bond donors (Lipinski definition) is 1. The van der Waals surface area contributed by atoms with Gasteiger partial charge in [-0.25, -0.2) is 9.97 Å². The third-order valence-electron chi connectivity index (χ3n) is 13.1. The molecule has 1 aliphatic heterocycles. The summed E-state index contributed by atoms with van der Waals surface area (Å²) < 4.78 is 124. The first kappa shape index (κ1) is 52.3. The molecule has 0 radical (unpaired) electrons. The van der Waals surface area contributed by atoms with Crippen molar-refractivity contribution >= 4 is 21.3 Å². The summed E-state index contributed by atoms with van der Waals surface area (Å²) in [6.45, 7) is -1.20. The lowest BCUT2D eigenvalue weighted by Crippen LogP contribution is -2.48. The number of nitrogens with zero attached hydrogens (tertiary/aromatic N) is 4. The Morgan fingerprint density at radius 1 is 0.587 bits per heavy atom. The molecule has 0 spiro atoms. The zero-order valence-electron chi connectivity index (χ0n) is 40.9. The lowest BCUT2D eigenvalue weighted by Gasteiger charge is -2.40. The SMILES string of the molecule is COc1ccc(C(OC[C@H]2O[C@@H](n3cnc4c(=O)n(CCO)cnc43)[C@H](OC(c3ccccc3)(c3ccc(OC)cc3)c3ccc(OC)cc3)[C@@H]2OS(=O)(=O)C(F)(F)F)(c2ccccc2)c2ccc(OC)cc2)cc1. The highest BCUT2D eigenvalue weighted by Crippen LogP contribution is 2.49. The van der Waals surface area contributed by atoms with Crippen molar-refractivity contribution in [1.82, 2.24) is 19.1 Å². The maximum absolute atomic E-state index is 15.0. The van der Waals surface area contributed by atoms with Gasteiger partial charge in [0.1, 0.15) is 58.8 Å². The number of fused-ring (bicyclic) bond motifs is 1. The molecule has 9 rings (SSSR count). The van der Waals surface area contributed by atoms with E-state index in [4.69, 9.17) is 37.3 Å². The van der Waals surface area contributed by atoms with Crippen molar-refractivity contribution in [3.63, 3.8) is 0 Å². The van der Waals surface area contributed by atoms with Crippen LogP contribution in [0.4, 0.5) is 13.2 Å². The average molecular weight is 1050 g/mol. The monoisotopic (exact) mass is 1050 g/mol. The molecule has 8 aromatic rings. The maximum atomic E-state index is 15.0. The Kier molecular flexibility index (Phi) is 15.1. The molecule has 1 saturated heterocycles. The Morgan fingerprint density at radius 2 is 1.01 bits per heavy atom. The van der Waals surface area contributed by atoms with E-state index in [0.29, 0.717) is 56.4 Å². The zero-order valence-corrected chi connectivity index (χ0v) is 41.7. The number of methoxy groups -OCH3 is 4. The Bertz CT molecular complexity index is 3270. The second kappa shape index (κ2) is 21.7. The van der Waals surface area contributed by atoms with Crippen molar-refractivity contribution in [3.05, 3.63) is 214 Å². The molecule has 4 atom stereocenters. The van der Waals surface area contributed by atoms with Crippen LogP contribution in [0.2, 0.25) is 0 Å². The maximum Gasteiger partial charge on any atom is 0.523 e. The first-order chi connectivity index (χ1) is 36.2. The van der Waals surface area contributed by atoms with Crippen LogP contribution in [0.1, 0.15) is 39.6 Å². The van der Waals surface area contributed by atoms with Gasteiger partial charge in [-0.05, 0) is 81.9 Å². The third-order valence-corrected chi connectivity index (χ3v) is 14.1. The van der Waals surface area contributed by atoms with E-state index in [-0.39, 0.29) is 17.7 Å². The van der Waals surface area contributed by atoms with Gasteiger partial charge < -0.3 is 38.3 Å². The number of alkyl halides is 3. The molecule has 75 heavy (non-hydrogen) atoms. The standard InChI is InChI=1S/C55H51F3N4O12S/c1-67-42-23-15-38(16-24-42)53(36-11-7-5-8-12-36,39-17-25-43(68-2)26-18-39)71-33-46-48(74-75(65,66)55(56,57)58)49(52(72-46)62-35-59-47-50(62)60-34-61(31-32-63)51(47)64)73-54(37-13-9-6-10-14-37,40-19-27-44(69-3)28-20-40)41-21-29-45(70-4)30-22-41/h5-30,34-35,46,48-49,52,63H,31-33H2,1-4H3/t46-,48-,49-,52-/m1/s1. The fourth-order valence-electron chi connectivity index (χ4n) is 9.42. The van der Waals surface area contributed by atoms with Crippen LogP contribution in [0.3, 0.4) is 0 Å². The number of aliphatic hydroxyl groups is 1. The van der Waals surface area contributed by atoms with Crippen molar-refractivity contribution in [3.8, 4) is 23.0 Å². The molecule has 0 unspecified atom stereocenters. The van der Waals surface area contributed by atoms with Gasteiger partial charge in [0.05, 0.1) is 54.5 Å². The summed E-state index contributed by atoms with van der Waals surface area (Å²) >= 11 is 0. The molecule has 0 amide bonds. The van der Waals surface area contributed by atoms with Gasteiger partial charge in [0.15, 0.2) is 17.4 Å². The van der Waals surface area contributed by atoms with E-state index in [1.807, 2.05) is 18.2 Å². The van der Waals surface area contributed by atoms with Gasteiger partial charge in [0.2, 0.25) is 0 Å². The number of benzene rings is 6. The molecule has 16 nitrogen and oxygen atoms in total. The minimum Gasteiger partial charge on any atom is -0.497 e. The van der Waals surface area contributed by atoms with Crippen molar-refractivity contribution in [2.24, 2.45) is 0 Å². The van der Waals surface area contributed by atoms with E-state index in [1.165, 1.54) is 45.7 Å². The minimum atomic E-state index is -6.49. The molecule has 0 bridgehead atoms. The summed E-state index contributed by atoms with van der Waals surface area (Å²) in [5.41, 5.74) is -7.44. The molecular weight excluding hydrogens is 998 g/mol. The summed E-state index contributed by atoms with van der Waals surface area (Å²) in [5.74, 6) is 1.96. The van der Waals surface area contributed by atoms with Crippen LogP contribution in [-0.2, 0) is 46.3 Å². The number of ether oxygens (including phenoxy) is 7. The number of aliphatic hydroxyl groups excluding tert-OH is 1. The molecule has 0 saturated carbocycles. The summed E-state index contributed by atoms with van der Waals surface area (Å²) in [7, 11) is -0.481. The highest BCUT2D eigenvalue weighted by molar-refractivity contribution is 7.87. The number of halogens is 3. The number of hydrogen-bond acceptors (Lipinski definition) is 14. The van der Waals surface area contributed by atoms with E-state index in [1.54, 1.807) is 140 Å². The van der Waals surface area contributed by atoms with E-state index >= 15 is 0 Å². The molecule has 1 fully saturated rings. The fourth-order valence-corrected chi connectivity index (χ4v) is 10.1. The Labute approximate surface area is 429 Å². The summed E-state index contributed by atoms with van der Waals surface area (Å²) in [5, 5.41) is 9.73. The number of aromatic nitrogens is 4. The largest absolute Gasteiger partial charge is 0.523 e. The van der Waals surface area contributed by atoms with Gasteiger partial charge in [0.25, 0.3) is 5.56 Å². The lowest BCUT2D eigenvalue weighted by molar-refractivity contribution is -0.122. The van der Waals surface area contributed by atoms with Crippen molar-refractivity contribution < 1.29 is 64.0 Å². The first-order valence-corrected chi connectivity index (χ1v) is 24.8. The van der Waals surface area contributed by atoms with E-state index < -0.39 is 70.1 Å². The average Bonchev–Trinajstić information content (AvgIpc) is 4.07. The van der Waals surface area contributed by atoms with Crippen LogP contribution in [-0.4, -0.2) is 98.1 Å². The minimum absolute atomic E-state index is 0.110. The normalized spacial score (nSPS) is 17.2. The van der Waals surface area contributed by atoms with Crippen molar-refractivity contribution in [1.29, 1.82) is 0 Å². The molecule has 6 aromatic carbocycles.